The highest BCUT2D eigenvalue weighted by Crippen LogP contribution is 2.29. The number of unbranched alkanes of at least 4 members (excludes halogenated alkanes) is 16. The minimum absolute atomic E-state index is 0.165. The molecule has 0 aromatic heterocycles. The van der Waals surface area contributed by atoms with Crippen LogP contribution in [-0.4, -0.2) is 22.8 Å². The summed E-state index contributed by atoms with van der Waals surface area (Å²) in [6, 6.07) is 0. The third-order valence-corrected chi connectivity index (χ3v) is 7.76. The van der Waals surface area contributed by atoms with Crippen LogP contribution in [0, 0.1) is 0 Å². The Morgan fingerprint density at radius 3 is 1.06 bits per heavy atom. The van der Waals surface area contributed by atoms with Gasteiger partial charge in [-0.25, -0.2) is 0 Å². The lowest BCUT2D eigenvalue weighted by Gasteiger charge is -2.23. The molecule has 0 fully saturated rings. The summed E-state index contributed by atoms with van der Waals surface area (Å²) in [5.41, 5.74) is -0.444. The van der Waals surface area contributed by atoms with E-state index in [-0.39, 0.29) is 22.8 Å². The quantitative estimate of drug-likeness (QED) is 0.0652. The van der Waals surface area contributed by atoms with E-state index in [0.29, 0.717) is 12.8 Å². The topological polar surface area (TPSA) is 52.6 Å². The summed E-state index contributed by atoms with van der Waals surface area (Å²) < 4.78 is 11.5. The number of ether oxygens (including phenoxy) is 2. The van der Waals surface area contributed by atoms with Gasteiger partial charge in [-0.3, -0.25) is 9.59 Å². The highest BCUT2D eigenvalue weighted by Gasteiger charge is 2.22. The Morgan fingerprint density at radius 2 is 0.771 bits per heavy atom. The molecule has 0 aromatic carbocycles. The van der Waals surface area contributed by atoms with Crippen LogP contribution in [0.25, 0.3) is 0 Å². The van der Waals surface area contributed by atoms with Gasteiger partial charge in [0.2, 0.25) is 0 Å². The van der Waals surface area contributed by atoms with E-state index >= 15 is 0 Å². The SMILES string of the molecule is CCCCCCCCCCCC(OC(=O)CC)SC(CCCCCCCCCCC)OC(=O)CC. The van der Waals surface area contributed by atoms with Crippen molar-refractivity contribution in [2.24, 2.45) is 0 Å². The number of hydrogen-bond donors (Lipinski definition) is 0. The van der Waals surface area contributed by atoms with Crippen molar-refractivity contribution in [2.75, 3.05) is 0 Å². The van der Waals surface area contributed by atoms with Gasteiger partial charge in [0.25, 0.3) is 0 Å². The zero-order valence-electron chi connectivity index (χ0n) is 23.8. The number of carbonyl (C=O) groups excluding carboxylic acids is 2. The lowest BCUT2D eigenvalue weighted by atomic mass is 10.1. The van der Waals surface area contributed by atoms with Crippen LogP contribution in [0.15, 0.2) is 0 Å². The largest absolute Gasteiger partial charge is 0.451 e. The van der Waals surface area contributed by atoms with Gasteiger partial charge in [0, 0.05) is 12.8 Å². The Morgan fingerprint density at radius 1 is 0.486 bits per heavy atom. The van der Waals surface area contributed by atoms with Gasteiger partial charge in [0.1, 0.15) is 0 Å². The monoisotopic (exact) mass is 514 g/mol. The molecule has 208 valence electrons. The van der Waals surface area contributed by atoms with Crippen molar-refractivity contribution in [1.82, 2.24) is 0 Å². The molecule has 0 N–H and O–H groups in total. The summed E-state index contributed by atoms with van der Waals surface area (Å²) in [7, 11) is 0. The summed E-state index contributed by atoms with van der Waals surface area (Å²) in [6.07, 6.45) is 25.4. The third kappa shape index (κ3) is 23.4. The molecule has 0 aliphatic heterocycles. The normalized spacial score (nSPS) is 12.9. The average molecular weight is 515 g/mol. The molecular formula is C30H58O4S. The fourth-order valence-electron chi connectivity index (χ4n) is 4.18. The van der Waals surface area contributed by atoms with Crippen LogP contribution in [0.1, 0.15) is 169 Å². The molecule has 0 rings (SSSR count). The molecule has 0 bridgehead atoms. The van der Waals surface area contributed by atoms with Crippen LogP contribution >= 0.6 is 11.8 Å². The molecule has 2 unspecified atom stereocenters. The number of esters is 2. The second kappa shape index (κ2) is 26.4. The summed E-state index contributed by atoms with van der Waals surface area (Å²) in [5, 5.41) is 0. The van der Waals surface area contributed by atoms with Crippen LogP contribution in [-0.2, 0) is 19.1 Å². The highest BCUT2D eigenvalue weighted by molar-refractivity contribution is 8.00. The molecule has 4 nitrogen and oxygen atoms in total. The Kier molecular flexibility index (Phi) is 25.8. The first-order chi connectivity index (χ1) is 17.1. The van der Waals surface area contributed by atoms with Gasteiger partial charge < -0.3 is 9.47 Å². The van der Waals surface area contributed by atoms with Crippen molar-refractivity contribution >= 4 is 23.7 Å². The first-order valence-corrected chi connectivity index (χ1v) is 16.1. The Hall–Kier alpha value is -0.710. The third-order valence-electron chi connectivity index (χ3n) is 6.49. The fraction of sp³-hybridized carbons (Fsp3) is 0.933. The van der Waals surface area contributed by atoms with Crippen LogP contribution in [0.2, 0.25) is 0 Å². The Labute approximate surface area is 222 Å². The van der Waals surface area contributed by atoms with E-state index in [1.807, 2.05) is 13.8 Å². The van der Waals surface area contributed by atoms with Gasteiger partial charge in [-0.15, -0.1) is 0 Å². The van der Waals surface area contributed by atoms with Crippen LogP contribution in [0.5, 0.6) is 0 Å². The van der Waals surface area contributed by atoms with E-state index in [2.05, 4.69) is 13.8 Å². The van der Waals surface area contributed by atoms with Gasteiger partial charge in [-0.1, -0.05) is 142 Å². The molecule has 0 saturated carbocycles. The first-order valence-electron chi connectivity index (χ1n) is 15.1. The second-order valence-corrected chi connectivity index (χ2v) is 11.2. The molecule has 0 heterocycles. The molecule has 0 aliphatic rings. The maximum absolute atomic E-state index is 12.0. The molecule has 35 heavy (non-hydrogen) atoms. The number of carbonyl (C=O) groups is 2. The standard InChI is InChI=1S/C30H58O4S/c1-5-9-11-13-15-17-19-21-23-25-29(33-27(31)7-3)35-30(34-28(32)8-4)26-24-22-20-18-16-14-12-10-6-2/h29-30H,5-26H2,1-4H3. The highest BCUT2D eigenvalue weighted by atomic mass is 32.2. The Balaban J connectivity index is 4.41. The Bertz CT molecular complexity index is 441. The lowest BCUT2D eigenvalue weighted by Crippen LogP contribution is -2.22. The fourth-order valence-corrected chi connectivity index (χ4v) is 5.45. The van der Waals surface area contributed by atoms with Gasteiger partial charge in [-0.2, -0.15) is 0 Å². The summed E-state index contributed by atoms with van der Waals surface area (Å²) in [4.78, 5) is 24.1. The molecule has 0 aliphatic carbocycles. The van der Waals surface area contributed by atoms with Crippen molar-refractivity contribution in [3.05, 3.63) is 0 Å². The first kappa shape index (κ1) is 34.3. The van der Waals surface area contributed by atoms with E-state index in [1.165, 1.54) is 103 Å². The minimum Gasteiger partial charge on any atom is -0.451 e. The van der Waals surface area contributed by atoms with Crippen molar-refractivity contribution in [3.63, 3.8) is 0 Å². The molecular weight excluding hydrogens is 456 g/mol. The molecule has 0 amide bonds. The van der Waals surface area contributed by atoms with E-state index in [4.69, 9.17) is 9.47 Å². The van der Waals surface area contributed by atoms with Crippen LogP contribution in [0.3, 0.4) is 0 Å². The number of rotatable bonds is 26. The molecule has 5 heteroatoms. The lowest BCUT2D eigenvalue weighted by molar-refractivity contribution is -0.145. The maximum Gasteiger partial charge on any atom is 0.306 e. The molecule has 0 aromatic rings. The smallest absolute Gasteiger partial charge is 0.306 e. The molecule has 0 radical (unpaired) electrons. The molecule has 0 saturated heterocycles. The van der Waals surface area contributed by atoms with E-state index in [9.17, 15) is 9.59 Å². The predicted molar refractivity (Wildman–Crippen MR) is 152 cm³/mol. The van der Waals surface area contributed by atoms with Crippen molar-refractivity contribution in [3.8, 4) is 0 Å². The summed E-state index contributed by atoms with van der Waals surface area (Å²) >= 11 is 1.55. The van der Waals surface area contributed by atoms with E-state index in [0.717, 1.165) is 25.7 Å². The minimum atomic E-state index is -0.222. The van der Waals surface area contributed by atoms with E-state index in [1.54, 1.807) is 11.8 Å². The zero-order chi connectivity index (χ0) is 26.0. The molecule has 2 atom stereocenters. The van der Waals surface area contributed by atoms with Crippen molar-refractivity contribution in [2.45, 2.75) is 180 Å². The summed E-state index contributed by atoms with van der Waals surface area (Å²) in [5.74, 6) is -0.330. The van der Waals surface area contributed by atoms with Gasteiger partial charge in [-0.05, 0) is 25.7 Å². The predicted octanol–water partition coefficient (Wildman–Crippen LogP) is 10.1. The maximum atomic E-state index is 12.0. The zero-order valence-corrected chi connectivity index (χ0v) is 24.6. The van der Waals surface area contributed by atoms with Gasteiger partial charge in [0.05, 0.1) is 0 Å². The average Bonchev–Trinajstić information content (AvgIpc) is 2.86. The van der Waals surface area contributed by atoms with Gasteiger partial charge in [0.15, 0.2) is 10.9 Å². The summed E-state index contributed by atoms with van der Waals surface area (Å²) in [6.45, 7) is 8.17. The van der Waals surface area contributed by atoms with Gasteiger partial charge >= 0.3 is 11.9 Å². The van der Waals surface area contributed by atoms with Crippen molar-refractivity contribution < 1.29 is 19.1 Å². The van der Waals surface area contributed by atoms with Crippen LogP contribution < -0.4 is 0 Å². The second-order valence-electron chi connectivity index (χ2n) is 9.92. The molecule has 0 spiro atoms. The van der Waals surface area contributed by atoms with Crippen molar-refractivity contribution in [1.29, 1.82) is 0 Å². The number of thioether (sulfide) groups is 1. The number of hydrogen-bond acceptors (Lipinski definition) is 5. The van der Waals surface area contributed by atoms with E-state index < -0.39 is 0 Å². The van der Waals surface area contributed by atoms with Crippen LogP contribution in [0.4, 0.5) is 0 Å².